The summed E-state index contributed by atoms with van der Waals surface area (Å²) in [5.74, 6) is -0.927. The Hall–Kier alpha value is -1.77. The lowest BCUT2D eigenvalue weighted by molar-refractivity contribution is -0.137. The van der Waals surface area contributed by atoms with Gasteiger partial charge in [-0.25, -0.2) is 13.2 Å². The molecule has 0 aliphatic heterocycles. The number of anilines is 1. The predicted molar refractivity (Wildman–Crippen MR) is 66.0 cm³/mol. The Morgan fingerprint density at radius 1 is 1.30 bits per heavy atom. The topological polar surface area (TPSA) is 63.7 Å². The third-order valence-corrected chi connectivity index (χ3v) is 3.76. The number of ether oxygens (including phenoxy) is 1. The van der Waals surface area contributed by atoms with Crippen LogP contribution in [-0.2, 0) is 20.9 Å². The first-order valence-corrected chi connectivity index (χ1v) is 7.06. The van der Waals surface area contributed by atoms with Gasteiger partial charge < -0.3 is 4.74 Å². The number of carbonyl (C=O) groups is 1. The van der Waals surface area contributed by atoms with Crippen LogP contribution in [0.3, 0.4) is 0 Å². The lowest BCUT2D eigenvalue weighted by Gasteiger charge is -2.20. The van der Waals surface area contributed by atoms with Crippen molar-refractivity contribution in [3.8, 4) is 0 Å². The van der Waals surface area contributed by atoms with Gasteiger partial charge in [0.05, 0.1) is 30.2 Å². The van der Waals surface area contributed by atoms with E-state index in [0.717, 1.165) is 26.5 Å². The van der Waals surface area contributed by atoms with Gasteiger partial charge in [0, 0.05) is 7.05 Å². The van der Waals surface area contributed by atoms with E-state index in [1.807, 2.05) is 0 Å². The molecule has 1 rings (SSSR count). The molecule has 0 saturated carbocycles. The molecule has 0 saturated heterocycles. The first kappa shape index (κ1) is 16.3. The number of alkyl halides is 3. The summed E-state index contributed by atoms with van der Waals surface area (Å²) in [7, 11) is -1.73. The summed E-state index contributed by atoms with van der Waals surface area (Å²) in [6.45, 7) is 0. The molecule has 1 aromatic rings. The van der Waals surface area contributed by atoms with Crippen molar-refractivity contribution in [3.63, 3.8) is 0 Å². The fraction of sp³-hybridized carbons (Fsp3) is 0.364. The van der Waals surface area contributed by atoms with Crippen LogP contribution in [0.1, 0.15) is 15.9 Å². The highest BCUT2D eigenvalue weighted by Crippen LogP contribution is 2.34. The number of carbonyl (C=O) groups excluding carboxylic acids is 1. The van der Waals surface area contributed by atoms with Gasteiger partial charge >= 0.3 is 12.1 Å². The molecule has 0 N–H and O–H groups in total. The van der Waals surface area contributed by atoms with Gasteiger partial charge in [0.25, 0.3) is 0 Å². The minimum absolute atomic E-state index is 0.270. The van der Waals surface area contributed by atoms with Crippen molar-refractivity contribution in [1.82, 2.24) is 0 Å². The predicted octanol–water partition coefficient (Wildman–Crippen LogP) is 1.89. The summed E-state index contributed by atoms with van der Waals surface area (Å²) >= 11 is 0. The van der Waals surface area contributed by atoms with Crippen molar-refractivity contribution in [2.45, 2.75) is 6.18 Å². The summed E-state index contributed by atoms with van der Waals surface area (Å²) in [6.07, 6.45) is -3.84. The standard InChI is InChI=1S/C11H12F3NO4S/c1-15(20(3,17)18)9-6-7(11(12,13)14)4-5-8(9)10(16)19-2/h4-6H,1-3H3. The van der Waals surface area contributed by atoms with Crippen LogP contribution >= 0.6 is 0 Å². The normalized spacial score (nSPS) is 12.1. The minimum atomic E-state index is -4.65. The smallest absolute Gasteiger partial charge is 0.416 e. The van der Waals surface area contributed by atoms with Gasteiger partial charge in [-0.05, 0) is 18.2 Å². The fourth-order valence-electron chi connectivity index (χ4n) is 1.43. The summed E-state index contributed by atoms with van der Waals surface area (Å²) < 4.78 is 65.9. The Labute approximate surface area is 114 Å². The molecule has 1 aromatic carbocycles. The second-order valence-corrected chi connectivity index (χ2v) is 5.97. The van der Waals surface area contributed by atoms with Gasteiger partial charge in [0.15, 0.2) is 0 Å². The third kappa shape index (κ3) is 3.41. The highest BCUT2D eigenvalue weighted by Gasteiger charge is 2.33. The highest BCUT2D eigenvalue weighted by molar-refractivity contribution is 7.92. The largest absolute Gasteiger partial charge is 0.465 e. The molecule has 0 atom stereocenters. The van der Waals surface area contributed by atoms with Crippen LogP contribution in [0.5, 0.6) is 0 Å². The van der Waals surface area contributed by atoms with E-state index in [1.54, 1.807) is 0 Å². The summed E-state index contributed by atoms with van der Waals surface area (Å²) in [6, 6.07) is 2.16. The van der Waals surface area contributed by atoms with Crippen molar-refractivity contribution in [2.24, 2.45) is 0 Å². The van der Waals surface area contributed by atoms with Crippen LogP contribution in [0.4, 0.5) is 18.9 Å². The fourth-order valence-corrected chi connectivity index (χ4v) is 1.94. The summed E-state index contributed by atoms with van der Waals surface area (Å²) in [4.78, 5) is 11.5. The molecule has 0 bridgehead atoms. The van der Waals surface area contributed by atoms with E-state index in [-0.39, 0.29) is 5.56 Å². The zero-order valence-corrected chi connectivity index (χ0v) is 11.7. The van der Waals surface area contributed by atoms with Crippen molar-refractivity contribution >= 4 is 21.7 Å². The molecule has 0 fully saturated rings. The van der Waals surface area contributed by atoms with Crippen LogP contribution in [0.15, 0.2) is 18.2 Å². The van der Waals surface area contributed by atoms with E-state index in [2.05, 4.69) is 4.74 Å². The van der Waals surface area contributed by atoms with Crippen LogP contribution in [0, 0.1) is 0 Å². The average molecular weight is 311 g/mol. The van der Waals surface area contributed by atoms with E-state index in [1.165, 1.54) is 0 Å². The lowest BCUT2D eigenvalue weighted by Crippen LogP contribution is -2.27. The van der Waals surface area contributed by atoms with Gasteiger partial charge in [-0.1, -0.05) is 0 Å². The number of methoxy groups -OCH3 is 1. The number of hydrogen-bond donors (Lipinski definition) is 0. The molecule has 0 aromatic heterocycles. The van der Waals surface area contributed by atoms with Gasteiger partial charge in [-0.15, -0.1) is 0 Å². The number of esters is 1. The lowest BCUT2D eigenvalue weighted by atomic mass is 10.1. The van der Waals surface area contributed by atoms with Crippen molar-refractivity contribution in [2.75, 3.05) is 24.7 Å². The average Bonchev–Trinajstić information content (AvgIpc) is 2.34. The molecule has 0 aliphatic carbocycles. The van der Waals surface area contributed by atoms with Crippen molar-refractivity contribution in [1.29, 1.82) is 0 Å². The molecule has 0 aliphatic rings. The number of hydrogen-bond acceptors (Lipinski definition) is 4. The SMILES string of the molecule is COC(=O)c1ccc(C(F)(F)F)cc1N(C)S(C)(=O)=O. The molecule has 9 heteroatoms. The van der Waals surface area contributed by atoms with Crippen LogP contribution in [0.25, 0.3) is 0 Å². The second-order valence-electron chi connectivity index (χ2n) is 3.95. The molecule has 0 unspecified atom stereocenters. The monoisotopic (exact) mass is 311 g/mol. The number of nitrogens with zero attached hydrogens (tertiary/aromatic N) is 1. The zero-order valence-electron chi connectivity index (χ0n) is 10.9. The van der Waals surface area contributed by atoms with Gasteiger partial charge in [-0.2, -0.15) is 13.2 Å². The molecule has 20 heavy (non-hydrogen) atoms. The van der Waals surface area contributed by atoms with E-state index >= 15 is 0 Å². The van der Waals surface area contributed by atoms with Crippen LogP contribution < -0.4 is 4.31 Å². The molecular formula is C11H12F3NO4S. The molecule has 5 nitrogen and oxygen atoms in total. The van der Waals surface area contributed by atoms with E-state index in [4.69, 9.17) is 0 Å². The Kier molecular flexibility index (Phi) is 4.33. The molecule has 0 radical (unpaired) electrons. The number of benzene rings is 1. The molecular weight excluding hydrogens is 299 g/mol. The van der Waals surface area contributed by atoms with Crippen molar-refractivity contribution < 1.29 is 31.1 Å². The van der Waals surface area contributed by atoms with Gasteiger partial charge in [0.2, 0.25) is 10.0 Å². The van der Waals surface area contributed by atoms with E-state index in [9.17, 15) is 26.4 Å². The van der Waals surface area contributed by atoms with Crippen molar-refractivity contribution in [3.05, 3.63) is 29.3 Å². The Morgan fingerprint density at radius 2 is 1.85 bits per heavy atom. The number of rotatable bonds is 3. The highest BCUT2D eigenvalue weighted by atomic mass is 32.2. The van der Waals surface area contributed by atoms with Gasteiger partial charge in [-0.3, -0.25) is 4.31 Å². The first-order chi connectivity index (χ1) is 8.98. The maximum Gasteiger partial charge on any atom is 0.416 e. The zero-order chi connectivity index (χ0) is 15.7. The number of sulfonamides is 1. The Morgan fingerprint density at radius 3 is 2.25 bits per heavy atom. The third-order valence-electron chi connectivity index (χ3n) is 2.57. The minimum Gasteiger partial charge on any atom is -0.465 e. The van der Waals surface area contributed by atoms with Crippen LogP contribution in [-0.4, -0.2) is 34.8 Å². The molecule has 0 amide bonds. The van der Waals surface area contributed by atoms with Crippen LogP contribution in [0.2, 0.25) is 0 Å². The Balaban J connectivity index is 3.54. The van der Waals surface area contributed by atoms with E-state index in [0.29, 0.717) is 16.4 Å². The summed E-state index contributed by atoms with van der Waals surface area (Å²) in [5, 5.41) is 0. The quantitative estimate of drug-likeness (QED) is 0.800. The summed E-state index contributed by atoms with van der Waals surface area (Å²) in [5.41, 5.74) is -1.72. The second kappa shape index (κ2) is 5.31. The molecule has 112 valence electrons. The Bertz CT molecular complexity index is 625. The van der Waals surface area contributed by atoms with Gasteiger partial charge in [0.1, 0.15) is 0 Å². The number of halogens is 3. The maximum absolute atomic E-state index is 12.7. The molecule has 0 heterocycles. The first-order valence-electron chi connectivity index (χ1n) is 5.22. The maximum atomic E-state index is 12.7. The van der Waals surface area contributed by atoms with E-state index < -0.39 is 33.4 Å². The molecule has 0 spiro atoms.